The number of carbonyl (C=O) groups is 1. The Morgan fingerprint density at radius 2 is 1.70 bits per heavy atom. The Kier molecular flexibility index (Phi) is 6.50. The van der Waals surface area contributed by atoms with Crippen LogP contribution in [0.3, 0.4) is 0 Å². The topological polar surface area (TPSA) is 109 Å². The van der Waals surface area contributed by atoms with E-state index in [2.05, 4.69) is 15.5 Å². The zero-order chi connectivity index (χ0) is 23.4. The van der Waals surface area contributed by atoms with E-state index in [1.807, 2.05) is 0 Å². The molecule has 1 amide bonds. The monoisotopic (exact) mass is 467 g/mol. The average molecular weight is 468 g/mol. The van der Waals surface area contributed by atoms with Gasteiger partial charge < -0.3 is 19.5 Å². The van der Waals surface area contributed by atoms with Crippen molar-refractivity contribution in [3.05, 3.63) is 65.2 Å². The number of nitrogens with one attached hydrogen (secondary N) is 1. The molecule has 2 aromatic heterocycles. The van der Waals surface area contributed by atoms with Crippen molar-refractivity contribution in [3.8, 4) is 22.9 Å². The van der Waals surface area contributed by atoms with Gasteiger partial charge in [0.05, 0.1) is 32.8 Å². The van der Waals surface area contributed by atoms with Gasteiger partial charge in [-0.25, -0.2) is 0 Å². The quantitative estimate of drug-likeness (QED) is 0.394. The number of aromatic nitrogens is 4. The number of carbonyl (C=O) groups excluding carboxylic acids is 1. The summed E-state index contributed by atoms with van der Waals surface area (Å²) < 4.78 is 18.7. The third kappa shape index (κ3) is 4.77. The van der Waals surface area contributed by atoms with Gasteiger partial charge in [0.15, 0.2) is 5.16 Å². The molecule has 0 bridgehead atoms. The lowest BCUT2D eigenvalue weighted by molar-refractivity contribution is -0.113. The molecule has 0 fully saturated rings. The molecular formula is C22H21N5O5S. The van der Waals surface area contributed by atoms with Gasteiger partial charge in [0, 0.05) is 42.3 Å². The molecule has 2 aromatic carbocycles. The Morgan fingerprint density at radius 3 is 2.39 bits per heavy atom. The average Bonchev–Trinajstić information content (AvgIpc) is 3.26. The lowest BCUT2D eigenvalue weighted by Crippen LogP contribution is -2.20. The maximum Gasteiger partial charge on any atom is 0.300 e. The molecule has 170 valence electrons. The van der Waals surface area contributed by atoms with Gasteiger partial charge in [-0.3, -0.25) is 18.6 Å². The highest BCUT2D eigenvalue weighted by molar-refractivity contribution is 7.99. The van der Waals surface area contributed by atoms with E-state index in [4.69, 9.17) is 14.2 Å². The van der Waals surface area contributed by atoms with E-state index in [0.717, 1.165) is 0 Å². The minimum absolute atomic E-state index is 0.0687. The largest absolute Gasteiger partial charge is 0.497 e. The summed E-state index contributed by atoms with van der Waals surface area (Å²) in [6.07, 6.45) is 3.31. The van der Waals surface area contributed by atoms with Gasteiger partial charge in [-0.1, -0.05) is 17.8 Å². The Balaban J connectivity index is 1.50. The standard InChI is InChI=1S/C22H21N5O5S/c1-30-16-6-4-5-15(11-16)26-7-8-27-20(21(26)29)24-25-22(27)33-13-19(28)23-14-9-17(31-2)12-18(10-14)32-3/h4-12H,13H2,1-3H3,(H,23,28). The molecule has 0 saturated carbocycles. The highest BCUT2D eigenvalue weighted by Gasteiger charge is 2.14. The molecule has 10 nitrogen and oxygen atoms in total. The molecule has 4 rings (SSSR count). The lowest BCUT2D eigenvalue weighted by Gasteiger charge is -2.10. The summed E-state index contributed by atoms with van der Waals surface area (Å²) in [6.45, 7) is 0. The Bertz CT molecular complexity index is 1340. The maximum absolute atomic E-state index is 12.9. The number of anilines is 1. The number of nitrogens with zero attached hydrogens (tertiary/aromatic N) is 4. The van der Waals surface area contributed by atoms with Crippen molar-refractivity contribution < 1.29 is 19.0 Å². The number of ether oxygens (including phenoxy) is 3. The number of thioether (sulfide) groups is 1. The Morgan fingerprint density at radius 1 is 0.970 bits per heavy atom. The van der Waals surface area contributed by atoms with Crippen LogP contribution in [-0.4, -0.2) is 52.2 Å². The molecule has 0 aliphatic heterocycles. The number of methoxy groups -OCH3 is 3. The number of hydrogen-bond donors (Lipinski definition) is 1. The van der Waals surface area contributed by atoms with Crippen LogP contribution in [-0.2, 0) is 4.79 Å². The second-order valence-corrected chi connectivity index (χ2v) is 7.73. The van der Waals surface area contributed by atoms with E-state index < -0.39 is 0 Å². The molecule has 0 saturated heterocycles. The van der Waals surface area contributed by atoms with Crippen LogP contribution in [0.2, 0.25) is 0 Å². The van der Waals surface area contributed by atoms with Crippen LogP contribution in [0.1, 0.15) is 0 Å². The Labute approximate surface area is 193 Å². The van der Waals surface area contributed by atoms with Crippen LogP contribution in [0, 0.1) is 0 Å². The van der Waals surface area contributed by atoms with Gasteiger partial charge in [-0.2, -0.15) is 0 Å². The van der Waals surface area contributed by atoms with E-state index in [-0.39, 0.29) is 22.9 Å². The fourth-order valence-corrected chi connectivity index (χ4v) is 3.85. The van der Waals surface area contributed by atoms with Gasteiger partial charge in [0.2, 0.25) is 11.6 Å². The summed E-state index contributed by atoms with van der Waals surface area (Å²) in [5, 5.41) is 11.3. The zero-order valence-electron chi connectivity index (χ0n) is 18.1. The van der Waals surface area contributed by atoms with E-state index >= 15 is 0 Å². The first-order chi connectivity index (χ1) is 16.0. The second kappa shape index (κ2) is 9.65. The van der Waals surface area contributed by atoms with Crippen LogP contribution < -0.4 is 25.1 Å². The van der Waals surface area contributed by atoms with Gasteiger partial charge in [-0.15, -0.1) is 10.2 Å². The van der Waals surface area contributed by atoms with Crippen molar-refractivity contribution in [2.24, 2.45) is 0 Å². The summed E-state index contributed by atoms with van der Waals surface area (Å²) >= 11 is 1.17. The molecular weight excluding hydrogens is 446 g/mol. The molecule has 4 aromatic rings. The molecule has 2 heterocycles. The minimum Gasteiger partial charge on any atom is -0.497 e. The minimum atomic E-state index is -0.335. The second-order valence-electron chi connectivity index (χ2n) is 6.79. The summed E-state index contributed by atoms with van der Waals surface area (Å²) in [6, 6.07) is 12.2. The smallest absolute Gasteiger partial charge is 0.300 e. The van der Waals surface area contributed by atoms with E-state index in [1.165, 1.54) is 30.5 Å². The number of hydrogen-bond acceptors (Lipinski definition) is 8. The SMILES string of the molecule is COc1cc(NC(=O)CSc2nnc3c(=O)n(-c4cccc(OC)c4)ccn23)cc(OC)c1. The number of rotatable bonds is 8. The van der Waals surface area contributed by atoms with E-state index in [0.29, 0.717) is 33.8 Å². The molecule has 0 radical (unpaired) electrons. The zero-order valence-corrected chi connectivity index (χ0v) is 19.0. The normalized spacial score (nSPS) is 10.8. The molecule has 33 heavy (non-hydrogen) atoms. The van der Waals surface area contributed by atoms with Crippen molar-refractivity contribution in [1.29, 1.82) is 0 Å². The van der Waals surface area contributed by atoms with Gasteiger partial charge in [-0.05, 0) is 12.1 Å². The van der Waals surface area contributed by atoms with Crippen molar-refractivity contribution >= 4 is 29.0 Å². The predicted molar refractivity (Wildman–Crippen MR) is 124 cm³/mol. The number of benzene rings is 2. The fraction of sp³-hybridized carbons (Fsp3) is 0.182. The fourth-order valence-electron chi connectivity index (χ4n) is 3.13. The van der Waals surface area contributed by atoms with Crippen LogP contribution in [0.4, 0.5) is 5.69 Å². The summed E-state index contributed by atoms with van der Waals surface area (Å²) in [5.74, 6) is 1.58. The van der Waals surface area contributed by atoms with Crippen LogP contribution >= 0.6 is 11.8 Å². The molecule has 0 aliphatic rings. The Hall–Kier alpha value is -3.99. The first-order valence-electron chi connectivity index (χ1n) is 9.79. The third-order valence-corrected chi connectivity index (χ3v) is 5.68. The summed E-state index contributed by atoms with van der Waals surface area (Å²) in [7, 11) is 4.64. The molecule has 0 aliphatic carbocycles. The van der Waals surface area contributed by atoms with E-state index in [1.54, 1.807) is 66.4 Å². The molecule has 1 N–H and O–H groups in total. The molecule has 0 unspecified atom stereocenters. The van der Waals surface area contributed by atoms with Gasteiger partial charge in [0.1, 0.15) is 17.2 Å². The van der Waals surface area contributed by atoms with Crippen molar-refractivity contribution in [2.45, 2.75) is 5.16 Å². The maximum atomic E-state index is 12.9. The van der Waals surface area contributed by atoms with Crippen molar-refractivity contribution in [2.75, 3.05) is 32.4 Å². The van der Waals surface area contributed by atoms with E-state index in [9.17, 15) is 9.59 Å². The molecule has 11 heteroatoms. The van der Waals surface area contributed by atoms with Crippen molar-refractivity contribution in [3.63, 3.8) is 0 Å². The summed E-state index contributed by atoms with van der Waals surface area (Å²) in [4.78, 5) is 25.4. The third-order valence-electron chi connectivity index (χ3n) is 4.74. The number of fused-ring (bicyclic) bond motifs is 1. The lowest BCUT2D eigenvalue weighted by atomic mass is 10.2. The van der Waals surface area contributed by atoms with Crippen molar-refractivity contribution in [1.82, 2.24) is 19.2 Å². The molecule has 0 atom stereocenters. The predicted octanol–water partition coefficient (Wildman–Crippen LogP) is 2.64. The van der Waals surface area contributed by atoms with Crippen LogP contribution in [0.25, 0.3) is 11.3 Å². The highest BCUT2D eigenvalue weighted by atomic mass is 32.2. The molecule has 0 spiro atoms. The first kappa shape index (κ1) is 22.2. The number of amides is 1. The van der Waals surface area contributed by atoms with Gasteiger partial charge in [0.25, 0.3) is 0 Å². The first-order valence-corrected chi connectivity index (χ1v) is 10.8. The van der Waals surface area contributed by atoms with Gasteiger partial charge >= 0.3 is 5.56 Å². The van der Waals surface area contributed by atoms with Crippen LogP contribution in [0.5, 0.6) is 17.2 Å². The summed E-state index contributed by atoms with van der Waals surface area (Å²) in [5.41, 5.74) is 1.01. The highest BCUT2D eigenvalue weighted by Crippen LogP contribution is 2.26. The van der Waals surface area contributed by atoms with Crippen LogP contribution in [0.15, 0.2) is 64.8 Å².